The van der Waals surface area contributed by atoms with Crippen LogP contribution in [0.4, 0.5) is 4.39 Å². The number of hydrogen-bond acceptors (Lipinski definition) is 3. The first-order valence-corrected chi connectivity index (χ1v) is 5.97. The Morgan fingerprint density at radius 1 is 1.21 bits per heavy atom. The van der Waals surface area contributed by atoms with Crippen LogP contribution in [-0.4, -0.2) is 24.0 Å². The van der Waals surface area contributed by atoms with Gasteiger partial charge in [0, 0.05) is 5.54 Å². The Balaban J connectivity index is 2.36. The Morgan fingerprint density at radius 2 is 1.79 bits per heavy atom. The van der Waals surface area contributed by atoms with E-state index in [4.69, 9.17) is 4.74 Å². The van der Waals surface area contributed by atoms with Gasteiger partial charge in [0.2, 0.25) is 0 Å². The van der Waals surface area contributed by atoms with Crippen molar-refractivity contribution in [3.05, 3.63) is 35.6 Å². The van der Waals surface area contributed by atoms with Gasteiger partial charge in [0.25, 0.3) is 5.91 Å². The van der Waals surface area contributed by atoms with E-state index in [1.54, 1.807) is 0 Å². The minimum Gasteiger partial charge on any atom is -0.455 e. The van der Waals surface area contributed by atoms with Crippen molar-refractivity contribution < 1.29 is 18.7 Å². The second-order valence-corrected chi connectivity index (χ2v) is 5.26. The monoisotopic (exact) mass is 267 g/mol. The van der Waals surface area contributed by atoms with E-state index < -0.39 is 5.97 Å². The number of nitrogens with one attached hydrogen (secondary N) is 1. The van der Waals surface area contributed by atoms with Crippen molar-refractivity contribution in [2.45, 2.75) is 32.7 Å². The molecule has 1 aromatic rings. The number of ether oxygens (including phenoxy) is 1. The van der Waals surface area contributed by atoms with E-state index in [2.05, 4.69) is 5.32 Å². The van der Waals surface area contributed by atoms with Crippen molar-refractivity contribution in [1.82, 2.24) is 5.32 Å². The highest BCUT2D eigenvalue weighted by Crippen LogP contribution is 2.04. The van der Waals surface area contributed by atoms with Crippen LogP contribution in [0.2, 0.25) is 0 Å². The van der Waals surface area contributed by atoms with E-state index in [-0.39, 0.29) is 30.3 Å². The fourth-order valence-electron chi connectivity index (χ4n) is 1.42. The van der Waals surface area contributed by atoms with Gasteiger partial charge < -0.3 is 10.1 Å². The number of halogens is 1. The Hall–Kier alpha value is -1.91. The van der Waals surface area contributed by atoms with Gasteiger partial charge in [-0.05, 0) is 38.5 Å². The zero-order chi connectivity index (χ0) is 14.5. The molecule has 1 rings (SSSR count). The normalized spacial score (nSPS) is 10.9. The van der Waals surface area contributed by atoms with Gasteiger partial charge in [-0.25, -0.2) is 4.39 Å². The molecule has 0 saturated carbocycles. The third kappa shape index (κ3) is 6.55. The Labute approximate surface area is 112 Å². The van der Waals surface area contributed by atoms with Crippen molar-refractivity contribution in [3.63, 3.8) is 0 Å². The summed E-state index contributed by atoms with van der Waals surface area (Å²) in [6.07, 6.45) is 0.0169. The first kappa shape index (κ1) is 15.1. The summed E-state index contributed by atoms with van der Waals surface area (Å²) in [7, 11) is 0. The van der Waals surface area contributed by atoms with Crippen LogP contribution in [-0.2, 0) is 20.7 Å². The first-order chi connectivity index (χ1) is 8.76. The molecule has 1 N–H and O–H groups in total. The number of hydrogen-bond donors (Lipinski definition) is 1. The number of rotatable bonds is 4. The zero-order valence-electron chi connectivity index (χ0n) is 11.3. The summed E-state index contributed by atoms with van der Waals surface area (Å²) >= 11 is 0. The predicted octanol–water partition coefficient (Wildman–Crippen LogP) is 1.83. The average molecular weight is 267 g/mol. The third-order valence-electron chi connectivity index (χ3n) is 2.14. The summed E-state index contributed by atoms with van der Waals surface area (Å²) in [6.45, 7) is 5.21. The molecular weight excluding hydrogens is 249 g/mol. The van der Waals surface area contributed by atoms with Crippen molar-refractivity contribution >= 4 is 11.9 Å². The summed E-state index contributed by atoms with van der Waals surface area (Å²) in [5, 5.41) is 2.68. The molecule has 0 saturated heterocycles. The fourth-order valence-corrected chi connectivity index (χ4v) is 1.42. The minimum atomic E-state index is -0.518. The highest BCUT2D eigenvalue weighted by molar-refractivity contribution is 5.81. The van der Waals surface area contributed by atoms with Gasteiger partial charge in [-0.15, -0.1) is 0 Å². The number of carbonyl (C=O) groups is 2. The molecule has 0 radical (unpaired) electrons. The average Bonchev–Trinajstić information content (AvgIpc) is 2.27. The topological polar surface area (TPSA) is 55.4 Å². The van der Waals surface area contributed by atoms with Gasteiger partial charge in [-0.2, -0.15) is 0 Å². The highest BCUT2D eigenvalue weighted by atomic mass is 19.1. The van der Waals surface area contributed by atoms with E-state index in [0.29, 0.717) is 5.56 Å². The summed E-state index contributed by atoms with van der Waals surface area (Å²) in [4.78, 5) is 22.9. The molecule has 0 aliphatic carbocycles. The van der Waals surface area contributed by atoms with Gasteiger partial charge in [-0.3, -0.25) is 9.59 Å². The SMILES string of the molecule is CC(C)(C)NC(=O)COC(=O)Cc1ccc(F)cc1. The maximum absolute atomic E-state index is 12.7. The second-order valence-electron chi connectivity index (χ2n) is 5.26. The lowest BCUT2D eigenvalue weighted by Gasteiger charge is -2.20. The minimum absolute atomic E-state index is 0.0169. The Bertz CT molecular complexity index is 449. The molecule has 0 heterocycles. The molecule has 1 amide bonds. The first-order valence-electron chi connectivity index (χ1n) is 5.97. The zero-order valence-corrected chi connectivity index (χ0v) is 11.3. The summed E-state index contributed by atoms with van der Waals surface area (Å²) in [5.74, 6) is -1.22. The maximum Gasteiger partial charge on any atom is 0.310 e. The number of benzene rings is 1. The smallest absolute Gasteiger partial charge is 0.310 e. The molecule has 0 aromatic heterocycles. The van der Waals surface area contributed by atoms with E-state index in [1.165, 1.54) is 24.3 Å². The van der Waals surface area contributed by atoms with Crippen molar-refractivity contribution in [2.24, 2.45) is 0 Å². The quantitative estimate of drug-likeness (QED) is 0.847. The third-order valence-corrected chi connectivity index (χ3v) is 2.14. The Morgan fingerprint density at radius 3 is 2.32 bits per heavy atom. The number of amides is 1. The van der Waals surface area contributed by atoms with E-state index in [1.807, 2.05) is 20.8 Å². The largest absolute Gasteiger partial charge is 0.455 e. The molecule has 0 unspecified atom stereocenters. The lowest BCUT2D eigenvalue weighted by atomic mass is 10.1. The van der Waals surface area contributed by atoms with Crippen LogP contribution in [0.15, 0.2) is 24.3 Å². The number of esters is 1. The molecule has 0 aliphatic rings. The predicted molar refractivity (Wildman–Crippen MR) is 69.0 cm³/mol. The van der Waals surface area contributed by atoms with Gasteiger partial charge in [0.15, 0.2) is 6.61 Å². The van der Waals surface area contributed by atoms with E-state index >= 15 is 0 Å². The van der Waals surface area contributed by atoms with Crippen LogP contribution < -0.4 is 5.32 Å². The molecule has 0 spiro atoms. The lowest BCUT2D eigenvalue weighted by molar-refractivity contribution is -0.148. The van der Waals surface area contributed by atoms with Crippen LogP contribution in [0.25, 0.3) is 0 Å². The van der Waals surface area contributed by atoms with E-state index in [9.17, 15) is 14.0 Å². The van der Waals surface area contributed by atoms with Crippen LogP contribution in [0.3, 0.4) is 0 Å². The number of carbonyl (C=O) groups excluding carboxylic acids is 2. The summed E-state index contributed by atoms with van der Waals surface area (Å²) in [5.41, 5.74) is 0.281. The maximum atomic E-state index is 12.7. The molecule has 0 bridgehead atoms. The second kappa shape index (κ2) is 6.31. The van der Waals surface area contributed by atoms with Gasteiger partial charge in [-0.1, -0.05) is 12.1 Å². The highest BCUT2D eigenvalue weighted by Gasteiger charge is 2.15. The van der Waals surface area contributed by atoms with E-state index in [0.717, 1.165) is 0 Å². The van der Waals surface area contributed by atoms with Crippen molar-refractivity contribution in [1.29, 1.82) is 0 Å². The summed E-state index contributed by atoms with van der Waals surface area (Å²) < 4.78 is 17.5. The molecule has 5 heteroatoms. The molecular formula is C14H18FNO3. The standard InChI is InChI=1S/C14H18FNO3/c1-14(2,3)16-12(17)9-19-13(18)8-10-4-6-11(15)7-5-10/h4-7H,8-9H2,1-3H3,(H,16,17). The fraction of sp³-hybridized carbons (Fsp3) is 0.429. The molecule has 4 nitrogen and oxygen atoms in total. The molecule has 0 aliphatic heterocycles. The molecule has 0 atom stereocenters. The summed E-state index contributed by atoms with van der Waals surface area (Å²) in [6, 6.07) is 5.56. The molecule has 19 heavy (non-hydrogen) atoms. The van der Waals surface area contributed by atoms with Gasteiger partial charge >= 0.3 is 5.97 Å². The Kier molecular flexibility index (Phi) is 5.03. The molecule has 1 aromatic carbocycles. The van der Waals surface area contributed by atoms with Crippen LogP contribution in [0.1, 0.15) is 26.3 Å². The lowest BCUT2D eigenvalue weighted by Crippen LogP contribution is -2.42. The molecule has 0 fully saturated rings. The van der Waals surface area contributed by atoms with Crippen molar-refractivity contribution in [3.8, 4) is 0 Å². The van der Waals surface area contributed by atoms with Gasteiger partial charge in [0.05, 0.1) is 6.42 Å². The van der Waals surface area contributed by atoms with Crippen LogP contribution in [0.5, 0.6) is 0 Å². The van der Waals surface area contributed by atoms with Crippen molar-refractivity contribution in [2.75, 3.05) is 6.61 Å². The van der Waals surface area contributed by atoms with Gasteiger partial charge in [0.1, 0.15) is 5.82 Å². The molecule has 104 valence electrons. The van der Waals surface area contributed by atoms with Crippen LogP contribution in [0, 0.1) is 5.82 Å². The van der Waals surface area contributed by atoms with Crippen LogP contribution >= 0.6 is 0 Å².